The van der Waals surface area contributed by atoms with E-state index in [-0.39, 0.29) is 0 Å². The molecule has 0 saturated carbocycles. The Morgan fingerprint density at radius 1 is 1.18 bits per heavy atom. The second-order valence-electron chi connectivity index (χ2n) is 3.06. The lowest BCUT2D eigenvalue weighted by Crippen LogP contribution is -2.08. The molecule has 7 heteroatoms. The van der Waals surface area contributed by atoms with E-state index in [4.69, 9.17) is 29.0 Å². The molecule has 4 nitrogen and oxygen atoms in total. The number of benzene rings is 1. The Hall–Kier alpha value is -1.01. The van der Waals surface area contributed by atoms with E-state index in [0.717, 1.165) is 9.92 Å². The molecule has 0 unspecified atom stereocenters. The first-order chi connectivity index (χ1) is 8.19. The molecule has 1 aromatic heterocycles. The van der Waals surface area contributed by atoms with Crippen LogP contribution in [0, 0.1) is 0 Å². The third-order valence-corrected chi connectivity index (χ3v) is 3.51. The number of anilines is 1. The molecule has 17 heavy (non-hydrogen) atoms. The number of aromatic nitrogens is 2. The van der Waals surface area contributed by atoms with Crippen molar-refractivity contribution in [1.82, 2.24) is 9.97 Å². The van der Waals surface area contributed by atoms with Gasteiger partial charge in [-0.25, -0.2) is 10.8 Å². The molecule has 0 atom stereocenters. The summed E-state index contributed by atoms with van der Waals surface area (Å²) in [7, 11) is 0. The average molecular weight is 287 g/mol. The number of halogens is 2. The fourth-order valence-electron chi connectivity index (χ4n) is 1.13. The monoisotopic (exact) mass is 286 g/mol. The Kier molecular flexibility index (Phi) is 4.06. The molecule has 0 saturated heterocycles. The highest BCUT2D eigenvalue weighted by Gasteiger charge is 2.03. The molecule has 1 aromatic carbocycles. The highest BCUT2D eigenvalue weighted by Crippen LogP contribution is 2.31. The molecule has 0 aliphatic carbocycles. The zero-order valence-electron chi connectivity index (χ0n) is 8.52. The predicted octanol–water partition coefficient (Wildman–Crippen LogP) is 3.22. The van der Waals surface area contributed by atoms with Crippen LogP contribution in [0.4, 0.5) is 5.82 Å². The van der Waals surface area contributed by atoms with Crippen LogP contribution in [-0.2, 0) is 0 Å². The minimum Gasteiger partial charge on any atom is -0.307 e. The van der Waals surface area contributed by atoms with Crippen molar-refractivity contribution in [3.63, 3.8) is 0 Å². The molecule has 0 radical (unpaired) electrons. The highest BCUT2D eigenvalue weighted by atomic mass is 35.5. The zero-order chi connectivity index (χ0) is 12.3. The van der Waals surface area contributed by atoms with E-state index in [9.17, 15) is 0 Å². The fourth-order valence-corrected chi connectivity index (χ4v) is 2.30. The van der Waals surface area contributed by atoms with Gasteiger partial charge in [0.1, 0.15) is 5.03 Å². The van der Waals surface area contributed by atoms with Crippen LogP contribution in [0.2, 0.25) is 10.0 Å². The molecular weight excluding hydrogens is 279 g/mol. The summed E-state index contributed by atoms with van der Waals surface area (Å²) in [4.78, 5) is 9.17. The van der Waals surface area contributed by atoms with Crippen molar-refractivity contribution in [2.45, 2.75) is 9.92 Å². The molecule has 0 fully saturated rings. The van der Waals surface area contributed by atoms with Gasteiger partial charge < -0.3 is 5.43 Å². The lowest BCUT2D eigenvalue weighted by Gasteiger charge is -2.04. The normalized spacial score (nSPS) is 10.3. The van der Waals surface area contributed by atoms with Crippen LogP contribution in [0.25, 0.3) is 0 Å². The largest absolute Gasteiger partial charge is 0.307 e. The lowest BCUT2D eigenvalue weighted by atomic mass is 10.4. The first kappa shape index (κ1) is 12.4. The maximum absolute atomic E-state index is 5.92. The van der Waals surface area contributed by atoms with Crippen molar-refractivity contribution < 1.29 is 0 Å². The topological polar surface area (TPSA) is 63.8 Å². The van der Waals surface area contributed by atoms with Gasteiger partial charge in [-0.05, 0) is 18.2 Å². The number of rotatable bonds is 3. The van der Waals surface area contributed by atoms with E-state index in [1.807, 2.05) is 6.07 Å². The zero-order valence-corrected chi connectivity index (χ0v) is 10.9. The van der Waals surface area contributed by atoms with Crippen LogP contribution >= 0.6 is 35.0 Å². The van der Waals surface area contributed by atoms with Gasteiger partial charge >= 0.3 is 0 Å². The van der Waals surface area contributed by atoms with Gasteiger partial charge in [-0.15, -0.1) is 0 Å². The van der Waals surface area contributed by atoms with E-state index in [1.54, 1.807) is 24.5 Å². The summed E-state index contributed by atoms with van der Waals surface area (Å²) < 4.78 is 0. The van der Waals surface area contributed by atoms with E-state index in [2.05, 4.69) is 15.4 Å². The molecule has 2 rings (SSSR count). The summed E-state index contributed by atoms with van der Waals surface area (Å²) >= 11 is 13.2. The standard InChI is InChI=1S/C10H8Cl2N4S/c11-7-2-1-6(3-8(7)12)17-10-5-14-4-9(15-10)16-13/h1-5H,13H2,(H,15,16). The molecule has 1 heterocycles. The summed E-state index contributed by atoms with van der Waals surface area (Å²) in [5, 5.41) is 1.76. The van der Waals surface area contributed by atoms with Crippen molar-refractivity contribution in [2.24, 2.45) is 5.84 Å². The summed E-state index contributed by atoms with van der Waals surface area (Å²) in [5.74, 6) is 5.77. The van der Waals surface area contributed by atoms with Gasteiger partial charge in [0.25, 0.3) is 0 Å². The summed E-state index contributed by atoms with van der Waals surface area (Å²) in [5.41, 5.74) is 2.44. The van der Waals surface area contributed by atoms with Crippen molar-refractivity contribution >= 4 is 40.8 Å². The molecular formula is C10H8Cl2N4S. The maximum atomic E-state index is 5.92. The first-order valence-corrected chi connectivity index (χ1v) is 6.18. The molecule has 3 N–H and O–H groups in total. The fraction of sp³-hybridized carbons (Fsp3) is 0. The minimum atomic E-state index is 0.509. The Morgan fingerprint density at radius 2 is 2.00 bits per heavy atom. The molecule has 0 amide bonds. The second-order valence-corrected chi connectivity index (χ2v) is 4.97. The van der Waals surface area contributed by atoms with Crippen molar-refractivity contribution in [3.8, 4) is 0 Å². The lowest BCUT2D eigenvalue weighted by molar-refractivity contribution is 1.04. The molecule has 0 spiro atoms. The number of hydrogen-bond donors (Lipinski definition) is 2. The van der Waals surface area contributed by atoms with Crippen molar-refractivity contribution in [3.05, 3.63) is 40.6 Å². The van der Waals surface area contributed by atoms with E-state index in [0.29, 0.717) is 15.9 Å². The number of hydrogen-bond acceptors (Lipinski definition) is 5. The Balaban J connectivity index is 2.22. The Morgan fingerprint density at radius 3 is 2.71 bits per heavy atom. The average Bonchev–Trinajstić information content (AvgIpc) is 2.34. The quantitative estimate of drug-likeness (QED) is 0.670. The van der Waals surface area contributed by atoms with Gasteiger partial charge in [-0.2, -0.15) is 0 Å². The van der Waals surface area contributed by atoms with Crippen LogP contribution in [0.1, 0.15) is 0 Å². The molecule has 0 aliphatic heterocycles. The minimum absolute atomic E-state index is 0.509. The van der Waals surface area contributed by atoms with Gasteiger partial charge in [-0.1, -0.05) is 35.0 Å². The van der Waals surface area contributed by atoms with E-state index >= 15 is 0 Å². The predicted molar refractivity (Wildman–Crippen MR) is 70.4 cm³/mol. The summed E-state index contributed by atoms with van der Waals surface area (Å²) in [6.45, 7) is 0. The van der Waals surface area contributed by atoms with Crippen LogP contribution in [0.15, 0.2) is 40.5 Å². The van der Waals surface area contributed by atoms with Crippen molar-refractivity contribution in [2.75, 3.05) is 5.43 Å². The number of nitrogens with one attached hydrogen (secondary N) is 1. The number of nitrogen functional groups attached to an aromatic ring is 1. The first-order valence-electron chi connectivity index (χ1n) is 4.60. The van der Waals surface area contributed by atoms with Gasteiger partial charge in [0.05, 0.1) is 22.4 Å². The number of nitrogens with zero attached hydrogens (tertiary/aromatic N) is 2. The van der Waals surface area contributed by atoms with E-state index < -0.39 is 0 Å². The summed E-state index contributed by atoms with van der Waals surface area (Å²) in [6, 6.07) is 5.38. The third-order valence-electron chi connectivity index (χ3n) is 1.87. The van der Waals surface area contributed by atoms with Crippen LogP contribution in [0.5, 0.6) is 0 Å². The highest BCUT2D eigenvalue weighted by molar-refractivity contribution is 7.99. The van der Waals surface area contributed by atoms with Crippen molar-refractivity contribution in [1.29, 1.82) is 0 Å². The third kappa shape index (κ3) is 3.23. The van der Waals surface area contributed by atoms with E-state index in [1.165, 1.54) is 11.8 Å². The van der Waals surface area contributed by atoms with Crippen LogP contribution in [0.3, 0.4) is 0 Å². The Bertz CT molecular complexity index is 535. The number of hydrazine groups is 1. The van der Waals surface area contributed by atoms with Gasteiger partial charge in [0.15, 0.2) is 5.82 Å². The molecule has 2 aromatic rings. The van der Waals surface area contributed by atoms with Gasteiger partial charge in [0, 0.05) is 4.90 Å². The molecule has 0 aliphatic rings. The number of nitrogens with two attached hydrogens (primary N) is 1. The van der Waals surface area contributed by atoms with Crippen LogP contribution < -0.4 is 11.3 Å². The molecule has 0 bridgehead atoms. The van der Waals surface area contributed by atoms with Crippen LogP contribution in [-0.4, -0.2) is 9.97 Å². The maximum Gasteiger partial charge on any atom is 0.159 e. The van der Waals surface area contributed by atoms with Gasteiger partial charge in [0.2, 0.25) is 0 Å². The second kappa shape index (κ2) is 5.55. The van der Waals surface area contributed by atoms with Gasteiger partial charge in [-0.3, -0.25) is 4.98 Å². The summed E-state index contributed by atoms with van der Waals surface area (Å²) in [6.07, 6.45) is 3.19. The Labute approximate surface area is 113 Å². The SMILES string of the molecule is NNc1cncc(Sc2ccc(Cl)c(Cl)c2)n1. The smallest absolute Gasteiger partial charge is 0.159 e. The molecule has 88 valence electrons.